The normalized spacial score (nSPS) is 12.6. The van der Waals surface area contributed by atoms with Gasteiger partial charge < -0.3 is 0 Å². The lowest BCUT2D eigenvalue weighted by Gasteiger charge is -2.19. The first kappa shape index (κ1) is 24.9. The second kappa shape index (κ2) is 8.76. The summed E-state index contributed by atoms with van der Waals surface area (Å²) in [6.07, 6.45) is 0. The molecule has 0 saturated carbocycles. The first-order chi connectivity index (χ1) is 23.8. The molecule has 0 saturated heterocycles. The predicted octanol–water partition coefficient (Wildman–Crippen LogP) is 13.7. The Balaban J connectivity index is 1.14. The van der Waals surface area contributed by atoms with Gasteiger partial charge in [-0.15, -0.1) is 0 Å². The lowest BCUT2D eigenvalue weighted by molar-refractivity contribution is 1.70. The maximum atomic E-state index is 2.40. The fourth-order valence-corrected chi connectivity index (χ4v) is 9.17. The zero-order chi connectivity index (χ0) is 31.1. The van der Waals surface area contributed by atoms with E-state index in [1.54, 1.807) is 0 Å². The lowest BCUT2D eigenvalue weighted by atomic mass is 9.84. The van der Waals surface area contributed by atoms with E-state index in [9.17, 15) is 0 Å². The molecular weight excluding hydrogens is 577 g/mol. The van der Waals surface area contributed by atoms with Gasteiger partial charge in [-0.2, -0.15) is 0 Å². The van der Waals surface area contributed by atoms with Gasteiger partial charge in [0, 0.05) is 0 Å². The number of rotatable bonds is 2. The molecule has 0 nitrogen and oxygen atoms in total. The summed E-state index contributed by atoms with van der Waals surface area (Å²) in [5.41, 5.74) is 5.15. The van der Waals surface area contributed by atoms with E-state index in [0.717, 1.165) is 0 Å². The van der Waals surface area contributed by atoms with Crippen LogP contribution in [0, 0.1) is 0 Å². The van der Waals surface area contributed by atoms with Crippen LogP contribution in [-0.2, 0) is 0 Å². The molecule has 48 heavy (non-hydrogen) atoms. The topological polar surface area (TPSA) is 0 Å². The Morgan fingerprint density at radius 3 is 1.00 bits per heavy atom. The summed E-state index contributed by atoms with van der Waals surface area (Å²) >= 11 is 0. The van der Waals surface area contributed by atoms with Gasteiger partial charge in [0.2, 0.25) is 0 Å². The smallest absolute Gasteiger partial charge is 0.00203 e. The zero-order valence-corrected chi connectivity index (χ0v) is 26.0. The average Bonchev–Trinajstić information content (AvgIpc) is 3.15. The van der Waals surface area contributed by atoms with Crippen LogP contribution in [0.15, 0.2) is 158 Å². The molecule has 0 radical (unpaired) electrons. The van der Waals surface area contributed by atoms with Gasteiger partial charge in [0.1, 0.15) is 0 Å². The minimum Gasteiger partial charge on any atom is -0.0610 e. The van der Waals surface area contributed by atoms with E-state index in [1.807, 2.05) is 0 Å². The molecule has 0 aliphatic heterocycles. The molecule has 0 amide bonds. The first-order valence-corrected chi connectivity index (χ1v) is 16.8. The van der Waals surface area contributed by atoms with Crippen molar-refractivity contribution in [2.75, 3.05) is 0 Å². The van der Waals surface area contributed by atoms with Gasteiger partial charge in [-0.1, -0.05) is 146 Å². The van der Waals surface area contributed by atoms with E-state index in [2.05, 4.69) is 158 Å². The van der Waals surface area contributed by atoms with Gasteiger partial charge in [-0.25, -0.2) is 0 Å². The highest BCUT2D eigenvalue weighted by molar-refractivity contribution is 6.31. The van der Waals surface area contributed by atoms with Gasteiger partial charge in [0.15, 0.2) is 0 Å². The standard InChI is InChI=1S/C48H26/c1-3-27-11-13-34-25-36(26-35-14-12-28(4-1)43(27)45(34)35)37-19-15-32-9-10-33-17-21-39(42-24-23-40(37)47(32)48(33)42)38-20-16-31-8-7-29-5-2-6-30-18-22-41(38)46(31)44(29)30/h1-26H. The molecule has 0 atom stereocenters. The van der Waals surface area contributed by atoms with E-state index in [-0.39, 0.29) is 0 Å². The van der Waals surface area contributed by atoms with E-state index >= 15 is 0 Å². The number of benzene rings is 12. The zero-order valence-electron chi connectivity index (χ0n) is 26.0. The van der Waals surface area contributed by atoms with Crippen LogP contribution in [0.5, 0.6) is 0 Å². The maximum absolute atomic E-state index is 2.40. The minimum atomic E-state index is 1.27. The molecule has 12 aromatic carbocycles. The van der Waals surface area contributed by atoms with E-state index in [1.165, 1.54) is 119 Å². The third-order valence-electron chi connectivity index (χ3n) is 11.3. The monoisotopic (exact) mass is 602 g/mol. The Hall–Kier alpha value is -6.24. The molecule has 0 aromatic heterocycles. The molecule has 0 aliphatic carbocycles. The van der Waals surface area contributed by atoms with E-state index < -0.39 is 0 Å². The van der Waals surface area contributed by atoms with E-state index in [4.69, 9.17) is 0 Å². The molecule has 12 rings (SSSR count). The quantitative estimate of drug-likeness (QED) is 0.173. The highest BCUT2D eigenvalue weighted by atomic mass is 14.2. The molecule has 0 aliphatic rings. The van der Waals surface area contributed by atoms with Crippen molar-refractivity contribution >= 4 is 97.0 Å². The summed E-state index contributed by atoms with van der Waals surface area (Å²) in [5, 5.41) is 23.8. The average molecular weight is 603 g/mol. The third-order valence-corrected chi connectivity index (χ3v) is 11.3. The number of hydrogen-bond acceptors (Lipinski definition) is 0. The summed E-state index contributed by atoms with van der Waals surface area (Å²) in [5.74, 6) is 0. The minimum absolute atomic E-state index is 1.27. The maximum Gasteiger partial charge on any atom is -0.00203 e. The summed E-state index contributed by atoms with van der Waals surface area (Å²) < 4.78 is 0. The van der Waals surface area contributed by atoms with Crippen LogP contribution >= 0.6 is 0 Å². The van der Waals surface area contributed by atoms with Crippen LogP contribution in [0.4, 0.5) is 0 Å². The molecule has 0 bridgehead atoms. The second-order valence-corrected chi connectivity index (χ2v) is 13.6. The van der Waals surface area contributed by atoms with Crippen molar-refractivity contribution in [3.8, 4) is 22.3 Å². The van der Waals surface area contributed by atoms with E-state index in [0.29, 0.717) is 0 Å². The molecule has 0 heterocycles. The van der Waals surface area contributed by atoms with Gasteiger partial charge in [-0.3, -0.25) is 0 Å². The summed E-state index contributed by atoms with van der Waals surface area (Å²) in [6.45, 7) is 0. The largest absolute Gasteiger partial charge is 0.0610 e. The Kier molecular flexibility index (Phi) is 4.55. The van der Waals surface area contributed by atoms with Crippen LogP contribution in [0.25, 0.3) is 119 Å². The van der Waals surface area contributed by atoms with Gasteiger partial charge in [0.05, 0.1) is 0 Å². The second-order valence-electron chi connectivity index (χ2n) is 13.6. The van der Waals surface area contributed by atoms with Crippen LogP contribution in [0.3, 0.4) is 0 Å². The third kappa shape index (κ3) is 3.10. The van der Waals surface area contributed by atoms with Crippen molar-refractivity contribution in [1.29, 1.82) is 0 Å². The highest BCUT2D eigenvalue weighted by Gasteiger charge is 2.18. The lowest BCUT2D eigenvalue weighted by Crippen LogP contribution is -1.91. The molecule has 12 aromatic rings. The van der Waals surface area contributed by atoms with Gasteiger partial charge in [-0.05, 0) is 131 Å². The van der Waals surface area contributed by atoms with Crippen LogP contribution in [0.2, 0.25) is 0 Å². The van der Waals surface area contributed by atoms with Crippen molar-refractivity contribution in [3.63, 3.8) is 0 Å². The Bertz CT molecular complexity index is 3190. The van der Waals surface area contributed by atoms with Crippen molar-refractivity contribution in [1.82, 2.24) is 0 Å². The van der Waals surface area contributed by atoms with Crippen LogP contribution in [-0.4, -0.2) is 0 Å². The predicted molar refractivity (Wildman–Crippen MR) is 208 cm³/mol. The molecule has 0 heteroatoms. The van der Waals surface area contributed by atoms with Crippen molar-refractivity contribution in [3.05, 3.63) is 158 Å². The summed E-state index contributed by atoms with van der Waals surface area (Å²) in [4.78, 5) is 0. The molecule has 0 fully saturated rings. The highest BCUT2D eigenvalue weighted by Crippen LogP contribution is 2.46. The molecule has 0 N–H and O–H groups in total. The summed E-state index contributed by atoms with van der Waals surface area (Å²) in [6, 6.07) is 59.7. The molecular formula is C48H26. The Morgan fingerprint density at radius 1 is 0.208 bits per heavy atom. The van der Waals surface area contributed by atoms with Crippen molar-refractivity contribution in [2.45, 2.75) is 0 Å². The van der Waals surface area contributed by atoms with Gasteiger partial charge in [0.25, 0.3) is 0 Å². The van der Waals surface area contributed by atoms with Gasteiger partial charge >= 0.3 is 0 Å². The SMILES string of the molecule is c1cc2ccc3cc(-c4ccc5ccc6ccc(-c7ccc8ccc9cccc%10ccc7c8c9%10)c7ccc4c5c67)cc4ccc(c1)c2c34. The number of hydrogen-bond donors (Lipinski definition) is 0. The first-order valence-electron chi connectivity index (χ1n) is 16.8. The van der Waals surface area contributed by atoms with Crippen molar-refractivity contribution < 1.29 is 0 Å². The van der Waals surface area contributed by atoms with Crippen LogP contribution in [0.1, 0.15) is 0 Å². The fourth-order valence-electron chi connectivity index (χ4n) is 9.17. The summed E-state index contributed by atoms with van der Waals surface area (Å²) in [7, 11) is 0. The van der Waals surface area contributed by atoms with Crippen LogP contribution < -0.4 is 0 Å². The fraction of sp³-hybridized carbons (Fsp3) is 0. The van der Waals surface area contributed by atoms with Crippen molar-refractivity contribution in [2.24, 2.45) is 0 Å². The molecule has 0 unspecified atom stereocenters. The molecule has 218 valence electrons. The molecule has 0 spiro atoms. The Labute approximate surface area is 276 Å². The Morgan fingerprint density at radius 2 is 0.500 bits per heavy atom.